The minimum absolute atomic E-state index is 0.0109. The van der Waals surface area contributed by atoms with Gasteiger partial charge in [0.15, 0.2) is 0 Å². The fraction of sp³-hybridized carbons (Fsp3) is 0.556. The Hall–Kier alpha value is -0.850. The summed E-state index contributed by atoms with van der Waals surface area (Å²) in [5.41, 5.74) is -1.01. The number of hydrogen-bond donors (Lipinski definition) is 3. The molecule has 0 radical (unpaired) electrons. The maximum Gasteiger partial charge on any atom is 0.242 e. The third-order valence-corrected chi connectivity index (χ3v) is 3.68. The monoisotopic (exact) mass is 232 g/mol. The molecular weight excluding hydrogens is 216 g/mol. The normalized spacial score (nSPS) is 16.2. The lowest BCUT2D eigenvalue weighted by atomic mass is 10.1. The van der Waals surface area contributed by atoms with Crippen molar-refractivity contribution in [1.82, 2.24) is 9.71 Å². The van der Waals surface area contributed by atoms with Crippen LogP contribution in [0.4, 0.5) is 0 Å². The minimum Gasteiger partial charge on any atom is -0.389 e. The summed E-state index contributed by atoms with van der Waals surface area (Å²) in [6.45, 7) is 3.40. The van der Waals surface area contributed by atoms with Crippen molar-refractivity contribution in [2.45, 2.75) is 30.8 Å². The summed E-state index contributed by atoms with van der Waals surface area (Å²) in [7, 11) is -3.50. The van der Waals surface area contributed by atoms with Crippen molar-refractivity contribution >= 4 is 10.0 Å². The van der Waals surface area contributed by atoms with Crippen LogP contribution in [-0.4, -0.2) is 30.7 Å². The molecule has 86 valence electrons. The van der Waals surface area contributed by atoms with Gasteiger partial charge < -0.3 is 10.1 Å². The number of nitrogens with one attached hydrogen (secondary N) is 2. The first-order chi connectivity index (χ1) is 6.87. The average Bonchev–Trinajstić information content (AvgIpc) is 2.69. The zero-order valence-electron chi connectivity index (χ0n) is 8.82. The summed E-state index contributed by atoms with van der Waals surface area (Å²) in [6.07, 6.45) is 3.41. The van der Waals surface area contributed by atoms with E-state index in [1.54, 1.807) is 13.8 Å². The number of rotatable bonds is 5. The van der Waals surface area contributed by atoms with E-state index in [-0.39, 0.29) is 11.4 Å². The van der Waals surface area contributed by atoms with E-state index in [1.165, 1.54) is 18.5 Å². The lowest BCUT2D eigenvalue weighted by molar-refractivity contribution is 0.0613. The number of aromatic amines is 1. The Kier molecular flexibility index (Phi) is 3.54. The molecule has 0 bridgehead atoms. The van der Waals surface area contributed by atoms with Crippen LogP contribution in [0, 0.1) is 0 Å². The van der Waals surface area contributed by atoms with Gasteiger partial charge in [0.2, 0.25) is 10.0 Å². The van der Waals surface area contributed by atoms with Crippen LogP contribution in [-0.2, 0) is 10.0 Å². The van der Waals surface area contributed by atoms with Gasteiger partial charge in [-0.05, 0) is 19.4 Å². The predicted molar refractivity (Wildman–Crippen MR) is 56.9 cm³/mol. The number of aromatic nitrogens is 1. The van der Waals surface area contributed by atoms with Gasteiger partial charge in [-0.15, -0.1) is 0 Å². The van der Waals surface area contributed by atoms with Crippen LogP contribution in [0.5, 0.6) is 0 Å². The number of hydrogen-bond acceptors (Lipinski definition) is 3. The van der Waals surface area contributed by atoms with Gasteiger partial charge in [-0.25, -0.2) is 13.1 Å². The third-order valence-electron chi connectivity index (χ3n) is 2.28. The van der Waals surface area contributed by atoms with Crippen molar-refractivity contribution in [3.05, 3.63) is 18.5 Å². The zero-order valence-corrected chi connectivity index (χ0v) is 9.63. The van der Waals surface area contributed by atoms with Crippen LogP contribution in [0.1, 0.15) is 20.3 Å². The van der Waals surface area contributed by atoms with E-state index in [2.05, 4.69) is 9.71 Å². The second kappa shape index (κ2) is 4.34. The summed E-state index contributed by atoms with van der Waals surface area (Å²) in [6, 6.07) is 1.46. The lowest BCUT2D eigenvalue weighted by Crippen LogP contribution is -2.39. The molecular formula is C9H16N2O3S. The maximum absolute atomic E-state index is 11.6. The molecule has 1 atom stereocenters. The van der Waals surface area contributed by atoms with E-state index >= 15 is 0 Å². The lowest BCUT2D eigenvalue weighted by Gasteiger charge is -2.21. The molecule has 0 aliphatic heterocycles. The maximum atomic E-state index is 11.6. The Morgan fingerprint density at radius 1 is 1.60 bits per heavy atom. The fourth-order valence-corrected chi connectivity index (χ4v) is 2.07. The molecule has 0 aliphatic rings. The molecule has 1 unspecified atom stereocenters. The molecule has 6 heteroatoms. The van der Waals surface area contributed by atoms with Crippen LogP contribution < -0.4 is 4.72 Å². The van der Waals surface area contributed by atoms with Crippen molar-refractivity contribution in [1.29, 1.82) is 0 Å². The second-order valence-corrected chi connectivity index (χ2v) is 5.49. The summed E-state index contributed by atoms with van der Waals surface area (Å²) in [5.74, 6) is 0. The number of sulfonamides is 1. The van der Waals surface area contributed by atoms with Crippen molar-refractivity contribution in [3.8, 4) is 0 Å². The summed E-state index contributed by atoms with van der Waals surface area (Å²) in [4.78, 5) is 2.84. The van der Waals surface area contributed by atoms with Crippen molar-refractivity contribution in [2.24, 2.45) is 0 Å². The predicted octanol–water partition coefficient (Wildman–Crippen LogP) is 0.454. The topological polar surface area (TPSA) is 82.2 Å². The molecule has 0 amide bonds. The van der Waals surface area contributed by atoms with Gasteiger partial charge in [0.25, 0.3) is 0 Å². The Bertz CT molecular complexity index is 395. The quantitative estimate of drug-likeness (QED) is 0.689. The summed E-state index contributed by atoms with van der Waals surface area (Å²) in [5, 5.41) is 9.65. The third kappa shape index (κ3) is 3.33. The Balaban J connectivity index is 2.67. The highest BCUT2D eigenvalue weighted by Crippen LogP contribution is 2.10. The van der Waals surface area contributed by atoms with E-state index in [0.29, 0.717) is 6.42 Å². The van der Waals surface area contributed by atoms with Gasteiger partial charge in [-0.1, -0.05) is 6.92 Å². The van der Waals surface area contributed by atoms with Crippen LogP contribution >= 0.6 is 0 Å². The summed E-state index contributed by atoms with van der Waals surface area (Å²) >= 11 is 0. The van der Waals surface area contributed by atoms with Gasteiger partial charge in [-0.2, -0.15) is 0 Å². The van der Waals surface area contributed by atoms with Crippen LogP contribution in [0.2, 0.25) is 0 Å². The molecule has 0 aromatic carbocycles. The SMILES string of the molecule is CCC(C)(O)CNS(=O)(=O)c1cc[nH]c1. The highest BCUT2D eigenvalue weighted by atomic mass is 32.2. The van der Waals surface area contributed by atoms with E-state index < -0.39 is 15.6 Å². The Morgan fingerprint density at radius 3 is 2.73 bits per heavy atom. The number of H-pyrrole nitrogens is 1. The zero-order chi connectivity index (χ0) is 11.5. The molecule has 1 rings (SSSR count). The molecule has 0 fully saturated rings. The van der Waals surface area contributed by atoms with Crippen molar-refractivity contribution < 1.29 is 13.5 Å². The first kappa shape index (κ1) is 12.2. The largest absolute Gasteiger partial charge is 0.389 e. The molecule has 1 aromatic heterocycles. The van der Waals surface area contributed by atoms with E-state index in [1.807, 2.05) is 0 Å². The smallest absolute Gasteiger partial charge is 0.242 e. The fourth-order valence-electron chi connectivity index (χ4n) is 0.935. The van der Waals surface area contributed by atoms with E-state index in [4.69, 9.17) is 0 Å². The van der Waals surface area contributed by atoms with E-state index in [0.717, 1.165) is 0 Å². The van der Waals surface area contributed by atoms with E-state index in [9.17, 15) is 13.5 Å². The van der Waals surface area contributed by atoms with Crippen LogP contribution in [0.15, 0.2) is 23.4 Å². The molecule has 0 saturated heterocycles. The standard InChI is InChI=1S/C9H16N2O3S/c1-3-9(2,12)7-11-15(13,14)8-4-5-10-6-8/h4-6,10-12H,3,7H2,1-2H3. The first-order valence-electron chi connectivity index (χ1n) is 4.72. The molecule has 0 saturated carbocycles. The minimum atomic E-state index is -3.50. The molecule has 1 heterocycles. The Labute approximate surface area is 89.6 Å². The molecule has 3 N–H and O–H groups in total. The molecule has 15 heavy (non-hydrogen) atoms. The molecule has 1 aromatic rings. The molecule has 0 spiro atoms. The second-order valence-electron chi connectivity index (χ2n) is 3.72. The highest BCUT2D eigenvalue weighted by Gasteiger charge is 2.22. The van der Waals surface area contributed by atoms with Gasteiger partial charge in [0, 0.05) is 18.9 Å². The average molecular weight is 232 g/mol. The Morgan fingerprint density at radius 2 is 2.27 bits per heavy atom. The molecule has 0 aliphatic carbocycles. The van der Waals surface area contributed by atoms with Crippen LogP contribution in [0.3, 0.4) is 0 Å². The first-order valence-corrected chi connectivity index (χ1v) is 6.20. The molecule has 5 nitrogen and oxygen atoms in total. The highest BCUT2D eigenvalue weighted by molar-refractivity contribution is 7.89. The van der Waals surface area contributed by atoms with Gasteiger partial charge in [-0.3, -0.25) is 0 Å². The number of aliphatic hydroxyl groups is 1. The van der Waals surface area contributed by atoms with Crippen LogP contribution in [0.25, 0.3) is 0 Å². The summed E-state index contributed by atoms with van der Waals surface area (Å²) < 4.78 is 25.6. The van der Waals surface area contributed by atoms with Crippen molar-refractivity contribution in [3.63, 3.8) is 0 Å². The van der Waals surface area contributed by atoms with Gasteiger partial charge >= 0.3 is 0 Å². The van der Waals surface area contributed by atoms with Crippen molar-refractivity contribution in [2.75, 3.05) is 6.54 Å². The van der Waals surface area contributed by atoms with Gasteiger partial charge in [0.05, 0.1) is 10.5 Å². The van der Waals surface area contributed by atoms with Gasteiger partial charge in [0.1, 0.15) is 0 Å².